The third-order valence-electron chi connectivity index (χ3n) is 2.19. The molecule has 2 rings (SSSR count). The summed E-state index contributed by atoms with van der Waals surface area (Å²) in [4.78, 5) is 11.8. The van der Waals surface area contributed by atoms with Crippen LogP contribution in [0.5, 0.6) is 5.75 Å². The van der Waals surface area contributed by atoms with E-state index >= 15 is 0 Å². The average Bonchev–Trinajstić information content (AvgIpc) is 2.82. The normalized spacial score (nSPS) is 10.9. The van der Waals surface area contributed by atoms with Crippen LogP contribution in [0.4, 0.5) is 0 Å². The van der Waals surface area contributed by atoms with E-state index in [2.05, 4.69) is 0 Å². The minimum atomic E-state index is -0.332. The van der Waals surface area contributed by atoms with Gasteiger partial charge in [-0.15, -0.1) is 0 Å². The number of hydrogen-bond acceptors (Lipinski definition) is 3. The smallest absolute Gasteiger partial charge is 0.189 e. The summed E-state index contributed by atoms with van der Waals surface area (Å²) in [7, 11) is 0. The summed E-state index contributed by atoms with van der Waals surface area (Å²) in [6.45, 7) is 0. The first-order valence-electron chi connectivity index (χ1n) is 4.92. The molecular weight excluding hydrogens is 240 g/mol. The highest BCUT2D eigenvalue weighted by atomic mass is 35.5. The van der Waals surface area contributed by atoms with E-state index in [0.29, 0.717) is 5.76 Å². The Morgan fingerprint density at radius 2 is 2.12 bits per heavy atom. The number of ketones is 1. The van der Waals surface area contributed by atoms with E-state index in [1.54, 1.807) is 18.2 Å². The van der Waals surface area contributed by atoms with Crippen molar-refractivity contribution in [2.24, 2.45) is 0 Å². The van der Waals surface area contributed by atoms with Crippen LogP contribution in [-0.4, -0.2) is 10.9 Å². The number of benzene rings is 1. The monoisotopic (exact) mass is 248 g/mol. The molecule has 0 aliphatic heterocycles. The molecule has 0 radical (unpaired) electrons. The molecule has 1 aromatic carbocycles. The molecular formula is C13H9ClO3. The van der Waals surface area contributed by atoms with E-state index in [1.807, 2.05) is 0 Å². The van der Waals surface area contributed by atoms with Crippen LogP contribution in [-0.2, 0) is 0 Å². The van der Waals surface area contributed by atoms with Crippen LogP contribution in [0.3, 0.4) is 0 Å². The molecule has 17 heavy (non-hydrogen) atoms. The fraction of sp³-hybridized carbons (Fsp3) is 0. The van der Waals surface area contributed by atoms with E-state index < -0.39 is 0 Å². The van der Waals surface area contributed by atoms with Crippen molar-refractivity contribution >= 4 is 23.5 Å². The zero-order valence-corrected chi connectivity index (χ0v) is 9.52. The van der Waals surface area contributed by atoms with Gasteiger partial charge < -0.3 is 9.52 Å². The molecule has 0 atom stereocenters. The molecule has 0 fully saturated rings. The van der Waals surface area contributed by atoms with Gasteiger partial charge in [0, 0.05) is 0 Å². The number of furan rings is 1. The second-order valence-electron chi connectivity index (χ2n) is 3.35. The van der Waals surface area contributed by atoms with Crippen LogP contribution in [0.2, 0.25) is 5.02 Å². The van der Waals surface area contributed by atoms with Gasteiger partial charge in [0.2, 0.25) is 0 Å². The Bertz CT molecular complexity index is 556. The van der Waals surface area contributed by atoms with Gasteiger partial charge in [-0.3, -0.25) is 4.79 Å². The lowest BCUT2D eigenvalue weighted by atomic mass is 10.1. The maximum absolute atomic E-state index is 11.8. The van der Waals surface area contributed by atoms with Gasteiger partial charge in [0.1, 0.15) is 11.5 Å². The number of carbonyl (C=O) groups is 1. The Kier molecular flexibility index (Phi) is 3.30. The number of para-hydroxylation sites is 1. The molecule has 4 heteroatoms. The SMILES string of the molecule is O=C(/C=C/c1ccco1)c1cccc(Cl)c1O. The fourth-order valence-corrected chi connectivity index (χ4v) is 1.52. The second-order valence-corrected chi connectivity index (χ2v) is 3.76. The number of phenolic OH excluding ortho intramolecular Hbond substituents is 1. The molecule has 1 aromatic heterocycles. The first-order chi connectivity index (χ1) is 8.18. The molecule has 0 saturated heterocycles. The Hall–Kier alpha value is -2.00. The van der Waals surface area contributed by atoms with Gasteiger partial charge in [0.25, 0.3) is 0 Å². The number of carbonyl (C=O) groups excluding carboxylic acids is 1. The minimum absolute atomic E-state index is 0.155. The van der Waals surface area contributed by atoms with Crippen molar-refractivity contribution in [3.63, 3.8) is 0 Å². The predicted octanol–water partition coefficient (Wildman–Crippen LogP) is 3.53. The lowest BCUT2D eigenvalue weighted by molar-refractivity contribution is 0.104. The highest BCUT2D eigenvalue weighted by Crippen LogP contribution is 2.27. The summed E-state index contributed by atoms with van der Waals surface area (Å²) < 4.78 is 5.05. The molecule has 86 valence electrons. The summed E-state index contributed by atoms with van der Waals surface area (Å²) >= 11 is 5.71. The van der Waals surface area contributed by atoms with Gasteiger partial charge in [-0.25, -0.2) is 0 Å². The van der Waals surface area contributed by atoms with E-state index in [-0.39, 0.29) is 22.1 Å². The minimum Gasteiger partial charge on any atom is -0.506 e. The first kappa shape index (κ1) is 11.5. The van der Waals surface area contributed by atoms with Crippen molar-refractivity contribution in [2.75, 3.05) is 0 Å². The Balaban J connectivity index is 2.23. The fourth-order valence-electron chi connectivity index (χ4n) is 1.35. The molecule has 0 aliphatic rings. The second kappa shape index (κ2) is 4.89. The van der Waals surface area contributed by atoms with Gasteiger partial charge in [-0.1, -0.05) is 17.7 Å². The molecule has 2 aromatic rings. The number of hydrogen-bond donors (Lipinski definition) is 1. The number of allylic oxidation sites excluding steroid dienone is 1. The Morgan fingerprint density at radius 1 is 1.29 bits per heavy atom. The Labute approximate surface area is 103 Å². The molecule has 1 N–H and O–H groups in total. The lowest BCUT2D eigenvalue weighted by Gasteiger charge is -2.01. The van der Waals surface area contributed by atoms with Crippen molar-refractivity contribution < 1.29 is 14.3 Å². The van der Waals surface area contributed by atoms with Crippen molar-refractivity contribution in [3.05, 3.63) is 59.0 Å². The number of phenols is 1. The largest absolute Gasteiger partial charge is 0.506 e. The van der Waals surface area contributed by atoms with Crippen LogP contribution in [0.25, 0.3) is 6.08 Å². The van der Waals surface area contributed by atoms with Crippen molar-refractivity contribution in [3.8, 4) is 5.75 Å². The topological polar surface area (TPSA) is 50.4 Å². The number of aromatic hydroxyl groups is 1. The van der Waals surface area contributed by atoms with Crippen LogP contribution in [0.15, 0.2) is 47.1 Å². The Morgan fingerprint density at radius 3 is 2.82 bits per heavy atom. The van der Waals surface area contributed by atoms with Gasteiger partial charge in [-0.2, -0.15) is 0 Å². The van der Waals surface area contributed by atoms with Crippen LogP contribution >= 0.6 is 11.6 Å². The van der Waals surface area contributed by atoms with Crippen LogP contribution in [0.1, 0.15) is 16.1 Å². The van der Waals surface area contributed by atoms with Gasteiger partial charge >= 0.3 is 0 Å². The van der Waals surface area contributed by atoms with E-state index in [9.17, 15) is 9.90 Å². The standard InChI is InChI=1S/C13H9ClO3/c14-11-5-1-4-10(13(11)16)12(15)7-6-9-3-2-8-17-9/h1-8,16H/b7-6+. The maximum Gasteiger partial charge on any atom is 0.189 e. The quantitative estimate of drug-likeness (QED) is 0.668. The molecule has 3 nitrogen and oxygen atoms in total. The summed E-state index contributed by atoms with van der Waals surface area (Å²) in [6.07, 6.45) is 4.37. The summed E-state index contributed by atoms with van der Waals surface area (Å²) in [5, 5.41) is 9.77. The van der Waals surface area contributed by atoms with Crippen molar-refractivity contribution in [1.82, 2.24) is 0 Å². The summed E-state index contributed by atoms with van der Waals surface area (Å²) in [6, 6.07) is 8.08. The molecule has 0 spiro atoms. The van der Waals surface area contributed by atoms with Crippen LogP contribution in [0, 0.1) is 0 Å². The summed E-state index contributed by atoms with van der Waals surface area (Å²) in [5.41, 5.74) is 0.167. The van der Waals surface area contributed by atoms with Crippen LogP contribution < -0.4 is 0 Å². The zero-order chi connectivity index (χ0) is 12.3. The molecule has 0 unspecified atom stereocenters. The molecule has 0 aliphatic carbocycles. The van der Waals surface area contributed by atoms with Gasteiger partial charge in [0.05, 0.1) is 16.8 Å². The molecule has 0 amide bonds. The lowest BCUT2D eigenvalue weighted by Crippen LogP contribution is -1.94. The van der Waals surface area contributed by atoms with E-state index in [0.717, 1.165) is 0 Å². The van der Waals surface area contributed by atoms with Crippen molar-refractivity contribution in [2.45, 2.75) is 0 Å². The maximum atomic E-state index is 11.8. The average molecular weight is 249 g/mol. The highest BCUT2D eigenvalue weighted by molar-refractivity contribution is 6.32. The highest BCUT2D eigenvalue weighted by Gasteiger charge is 2.10. The number of halogens is 1. The third-order valence-corrected chi connectivity index (χ3v) is 2.50. The third kappa shape index (κ3) is 2.57. The van der Waals surface area contributed by atoms with E-state index in [4.69, 9.17) is 16.0 Å². The van der Waals surface area contributed by atoms with E-state index in [1.165, 1.54) is 30.5 Å². The van der Waals surface area contributed by atoms with Gasteiger partial charge in [-0.05, 0) is 36.4 Å². The zero-order valence-electron chi connectivity index (χ0n) is 8.76. The predicted molar refractivity (Wildman–Crippen MR) is 65.2 cm³/mol. The molecule has 1 heterocycles. The van der Waals surface area contributed by atoms with Crippen molar-refractivity contribution in [1.29, 1.82) is 0 Å². The summed E-state index contributed by atoms with van der Waals surface area (Å²) in [5.74, 6) is 0.0320. The molecule has 0 bridgehead atoms. The number of rotatable bonds is 3. The van der Waals surface area contributed by atoms with Gasteiger partial charge in [0.15, 0.2) is 5.78 Å². The molecule has 0 saturated carbocycles. The first-order valence-corrected chi connectivity index (χ1v) is 5.29.